The molecule has 1 saturated carbocycles. The summed E-state index contributed by atoms with van der Waals surface area (Å²) in [6.07, 6.45) is 7.08. The zero-order valence-electron chi connectivity index (χ0n) is 9.89. The molecule has 0 bridgehead atoms. The molecule has 1 aromatic heterocycles. The van der Waals surface area contributed by atoms with Gasteiger partial charge in [-0.05, 0) is 29.7 Å². The standard InChI is InChI=1S/C11H20N4O/c1-2-3-9-15-10(12-13-14-15)11(16)7-5-4-6-8-11/h16H,2-9H2,1H3. The molecule has 1 aliphatic carbocycles. The molecule has 0 atom stereocenters. The highest BCUT2D eigenvalue weighted by atomic mass is 16.3. The summed E-state index contributed by atoms with van der Waals surface area (Å²) in [6.45, 7) is 2.94. The summed E-state index contributed by atoms with van der Waals surface area (Å²) in [4.78, 5) is 0. The predicted molar refractivity (Wildman–Crippen MR) is 59.7 cm³/mol. The van der Waals surface area contributed by atoms with Crippen molar-refractivity contribution in [1.82, 2.24) is 20.2 Å². The van der Waals surface area contributed by atoms with Gasteiger partial charge in [0.1, 0.15) is 5.60 Å². The number of tetrazole rings is 1. The van der Waals surface area contributed by atoms with E-state index in [0.717, 1.165) is 45.1 Å². The first kappa shape index (κ1) is 11.5. The maximum absolute atomic E-state index is 10.5. The van der Waals surface area contributed by atoms with E-state index in [-0.39, 0.29) is 0 Å². The van der Waals surface area contributed by atoms with Gasteiger partial charge in [-0.1, -0.05) is 32.6 Å². The van der Waals surface area contributed by atoms with E-state index in [4.69, 9.17) is 0 Å². The summed E-state index contributed by atoms with van der Waals surface area (Å²) in [5.74, 6) is 0.667. The second-order valence-electron chi connectivity index (χ2n) is 4.67. The fourth-order valence-corrected chi connectivity index (χ4v) is 2.36. The molecule has 5 heteroatoms. The Kier molecular flexibility index (Phi) is 3.53. The van der Waals surface area contributed by atoms with Crippen molar-refractivity contribution in [3.63, 3.8) is 0 Å². The van der Waals surface area contributed by atoms with Gasteiger partial charge < -0.3 is 5.11 Å². The van der Waals surface area contributed by atoms with Crippen molar-refractivity contribution in [3.8, 4) is 0 Å². The lowest BCUT2D eigenvalue weighted by molar-refractivity contribution is -0.0131. The van der Waals surface area contributed by atoms with Crippen molar-refractivity contribution in [1.29, 1.82) is 0 Å². The third-order valence-electron chi connectivity index (χ3n) is 3.35. The zero-order valence-corrected chi connectivity index (χ0v) is 9.89. The largest absolute Gasteiger partial charge is 0.382 e. The summed E-state index contributed by atoms with van der Waals surface area (Å²) < 4.78 is 1.77. The molecule has 1 N–H and O–H groups in total. The van der Waals surface area contributed by atoms with Crippen molar-refractivity contribution in [3.05, 3.63) is 5.82 Å². The minimum Gasteiger partial charge on any atom is -0.382 e. The first-order valence-corrected chi connectivity index (χ1v) is 6.25. The smallest absolute Gasteiger partial charge is 0.183 e. The average Bonchev–Trinajstić information content (AvgIpc) is 2.76. The highest BCUT2D eigenvalue weighted by Crippen LogP contribution is 2.35. The summed E-state index contributed by atoms with van der Waals surface area (Å²) in [5.41, 5.74) is -0.782. The normalized spacial score (nSPS) is 19.9. The van der Waals surface area contributed by atoms with Crippen LogP contribution in [0.5, 0.6) is 0 Å². The van der Waals surface area contributed by atoms with Gasteiger partial charge >= 0.3 is 0 Å². The molecule has 0 amide bonds. The second kappa shape index (κ2) is 4.91. The quantitative estimate of drug-likeness (QED) is 0.844. The summed E-state index contributed by atoms with van der Waals surface area (Å²) in [6, 6.07) is 0. The van der Waals surface area contributed by atoms with Crippen molar-refractivity contribution in [2.75, 3.05) is 0 Å². The number of rotatable bonds is 4. The number of aromatic nitrogens is 4. The number of hydrogen-bond acceptors (Lipinski definition) is 4. The van der Waals surface area contributed by atoms with E-state index < -0.39 is 5.60 Å². The molecule has 2 rings (SSSR count). The van der Waals surface area contributed by atoms with Crippen molar-refractivity contribution in [2.24, 2.45) is 0 Å². The fraction of sp³-hybridized carbons (Fsp3) is 0.909. The monoisotopic (exact) mass is 224 g/mol. The summed E-state index contributed by atoms with van der Waals surface area (Å²) in [7, 11) is 0. The van der Waals surface area contributed by atoms with E-state index in [1.807, 2.05) is 0 Å². The van der Waals surface area contributed by atoms with Gasteiger partial charge in [0, 0.05) is 6.54 Å². The molecule has 16 heavy (non-hydrogen) atoms. The van der Waals surface area contributed by atoms with E-state index in [1.165, 1.54) is 6.42 Å². The molecule has 1 heterocycles. The van der Waals surface area contributed by atoms with Crippen LogP contribution in [-0.4, -0.2) is 25.3 Å². The molecular formula is C11H20N4O. The maximum atomic E-state index is 10.5. The highest BCUT2D eigenvalue weighted by Gasteiger charge is 2.36. The predicted octanol–water partition coefficient (Wildman–Crippen LogP) is 1.62. The number of aryl methyl sites for hydroxylation is 1. The molecule has 0 saturated heterocycles. The van der Waals surface area contributed by atoms with Crippen LogP contribution in [0.15, 0.2) is 0 Å². The molecule has 1 aliphatic rings. The Labute approximate surface area is 95.9 Å². The molecule has 0 unspecified atom stereocenters. The number of aliphatic hydroxyl groups is 1. The van der Waals surface area contributed by atoms with Crippen LogP contribution >= 0.6 is 0 Å². The van der Waals surface area contributed by atoms with Gasteiger partial charge in [-0.25, -0.2) is 4.68 Å². The molecule has 0 spiro atoms. The number of nitrogens with zero attached hydrogens (tertiary/aromatic N) is 4. The molecule has 90 valence electrons. The first-order chi connectivity index (χ1) is 7.76. The molecule has 1 fully saturated rings. The van der Waals surface area contributed by atoms with Crippen molar-refractivity contribution >= 4 is 0 Å². The van der Waals surface area contributed by atoms with Crippen molar-refractivity contribution < 1.29 is 5.11 Å². The third kappa shape index (κ3) is 2.24. The fourth-order valence-electron chi connectivity index (χ4n) is 2.36. The van der Waals surface area contributed by atoms with Crippen LogP contribution < -0.4 is 0 Å². The summed E-state index contributed by atoms with van der Waals surface area (Å²) >= 11 is 0. The van der Waals surface area contributed by atoms with Crippen LogP contribution in [0, 0.1) is 0 Å². The summed E-state index contributed by atoms with van der Waals surface area (Å²) in [5, 5.41) is 22.2. The zero-order chi connectivity index (χ0) is 11.4. The van der Waals surface area contributed by atoms with Crippen LogP contribution in [-0.2, 0) is 12.1 Å². The topological polar surface area (TPSA) is 63.8 Å². The number of unbranched alkanes of at least 4 members (excludes halogenated alkanes) is 1. The van der Waals surface area contributed by atoms with Gasteiger partial charge in [-0.3, -0.25) is 0 Å². The molecule has 5 nitrogen and oxygen atoms in total. The maximum Gasteiger partial charge on any atom is 0.183 e. The van der Waals surface area contributed by atoms with Crippen LogP contribution in [0.2, 0.25) is 0 Å². The van der Waals surface area contributed by atoms with Crippen LogP contribution in [0.1, 0.15) is 57.7 Å². The molecule has 0 aromatic carbocycles. The van der Waals surface area contributed by atoms with Gasteiger partial charge in [0.15, 0.2) is 5.82 Å². The Balaban J connectivity index is 2.15. The minimum absolute atomic E-state index is 0.667. The molecular weight excluding hydrogens is 204 g/mol. The van der Waals surface area contributed by atoms with E-state index in [2.05, 4.69) is 22.4 Å². The Morgan fingerprint density at radius 3 is 2.75 bits per heavy atom. The van der Waals surface area contributed by atoms with Gasteiger partial charge in [-0.15, -0.1) is 5.10 Å². The first-order valence-electron chi connectivity index (χ1n) is 6.25. The van der Waals surface area contributed by atoms with Gasteiger partial charge in [0.05, 0.1) is 0 Å². The van der Waals surface area contributed by atoms with Gasteiger partial charge in [-0.2, -0.15) is 0 Å². The molecule has 0 radical (unpaired) electrons. The minimum atomic E-state index is -0.782. The van der Waals surface area contributed by atoms with Gasteiger partial charge in [0.2, 0.25) is 0 Å². The lowest BCUT2D eigenvalue weighted by Gasteiger charge is -2.30. The van der Waals surface area contributed by atoms with Crippen LogP contribution in [0.3, 0.4) is 0 Å². The Hall–Kier alpha value is -0.970. The van der Waals surface area contributed by atoms with E-state index >= 15 is 0 Å². The Morgan fingerprint density at radius 2 is 2.06 bits per heavy atom. The molecule has 1 aromatic rings. The number of hydrogen-bond donors (Lipinski definition) is 1. The molecule has 0 aliphatic heterocycles. The SMILES string of the molecule is CCCCn1nnnc1C1(O)CCCCC1. The van der Waals surface area contributed by atoms with Crippen molar-refractivity contribution in [2.45, 2.75) is 64.0 Å². The second-order valence-corrected chi connectivity index (χ2v) is 4.67. The third-order valence-corrected chi connectivity index (χ3v) is 3.35. The average molecular weight is 224 g/mol. The Morgan fingerprint density at radius 1 is 1.31 bits per heavy atom. The van der Waals surface area contributed by atoms with E-state index in [9.17, 15) is 5.11 Å². The van der Waals surface area contributed by atoms with E-state index in [1.54, 1.807) is 4.68 Å². The van der Waals surface area contributed by atoms with Crippen LogP contribution in [0.4, 0.5) is 0 Å². The lowest BCUT2D eigenvalue weighted by atomic mass is 9.84. The van der Waals surface area contributed by atoms with Gasteiger partial charge in [0.25, 0.3) is 0 Å². The van der Waals surface area contributed by atoms with E-state index in [0.29, 0.717) is 5.82 Å². The Bertz CT molecular complexity index is 330. The lowest BCUT2D eigenvalue weighted by Crippen LogP contribution is -2.32. The van der Waals surface area contributed by atoms with Crippen LogP contribution in [0.25, 0.3) is 0 Å². The highest BCUT2D eigenvalue weighted by molar-refractivity contribution is 5.01.